The van der Waals surface area contributed by atoms with Gasteiger partial charge in [0.25, 0.3) is 0 Å². The molecule has 0 radical (unpaired) electrons. The van der Waals surface area contributed by atoms with Crippen molar-refractivity contribution in [2.75, 3.05) is 28.9 Å². The van der Waals surface area contributed by atoms with Crippen LogP contribution in [0.1, 0.15) is 11.5 Å². The molecule has 0 spiro atoms. The lowest BCUT2D eigenvalue weighted by atomic mass is 9.94. The lowest BCUT2D eigenvalue weighted by Crippen LogP contribution is -2.41. The van der Waals surface area contributed by atoms with Gasteiger partial charge in [-0.2, -0.15) is 0 Å². The van der Waals surface area contributed by atoms with Crippen LogP contribution in [0.2, 0.25) is 0 Å². The second-order valence-corrected chi connectivity index (χ2v) is 6.24. The zero-order valence-electron chi connectivity index (χ0n) is 13.9. The quantitative estimate of drug-likeness (QED) is 0.545. The molecule has 0 bridgehead atoms. The Labute approximate surface area is 155 Å². The molecule has 1 aliphatic rings. The molecule has 0 fully saturated rings. The molecule has 2 amide bonds. The molecule has 2 aromatic carbocycles. The number of amides is 2. The van der Waals surface area contributed by atoms with Crippen LogP contribution in [0, 0.1) is 0 Å². The van der Waals surface area contributed by atoms with Crippen molar-refractivity contribution < 1.29 is 19.8 Å². The summed E-state index contributed by atoms with van der Waals surface area (Å²) in [7, 11) is 0. The van der Waals surface area contributed by atoms with Crippen LogP contribution in [-0.4, -0.2) is 41.4 Å². The molecule has 0 aromatic heterocycles. The number of rotatable bonds is 5. The number of halogens is 1. The molecular formula is C18H18ClN3O4. The maximum atomic E-state index is 11.7. The van der Waals surface area contributed by atoms with Crippen molar-refractivity contribution in [1.29, 1.82) is 0 Å². The van der Waals surface area contributed by atoms with Crippen molar-refractivity contribution in [1.82, 2.24) is 5.43 Å². The summed E-state index contributed by atoms with van der Waals surface area (Å²) in [4.78, 5) is 24.1. The second kappa shape index (κ2) is 7.13. The highest BCUT2D eigenvalue weighted by Crippen LogP contribution is 2.45. The lowest BCUT2D eigenvalue weighted by molar-refractivity contribution is 0.193. The van der Waals surface area contributed by atoms with Crippen molar-refractivity contribution in [3.63, 3.8) is 0 Å². The lowest BCUT2D eigenvalue weighted by Gasteiger charge is -2.24. The van der Waals surface area contributed by atoms with Crippen molar-refractivity contribution >= 4 is 45.9 Å². The summed E-state index contributed by atoms with van der Waals surface area (Å²) < 4.78 is 0. The number of hydrazine groups is 1. The van der Waals surface area contributed by atoms with Gasteiger partial charge in [0.15, 0.2) is 0 Å². The summed E-state index contributed by atoms with van der Waals surface area (Å²) in [6, 6.07) is 9.14. The third-order valence-electron chi connectivity index (χ3n) is 4.39. The summed E-state index contributed by atoms with van der Waals surface area (Å²) >= 11 is 6.12. The van der Waals surface area contributed by atoms with Gasteiger partial charge in [-0.15, -0.1) is 18.2 Å². The highest BCUT2D eigenvalue weighted by Gasteiger charge is 2.33. The fourth-order valence-corrected chi connectivity index (χ4v) is 3.66. The monoisotopic (exact) mass is 375 g/mol. The van der Waals surface area contributed by atoms with E-state index in [1.54, 1.807) is 6.07 Å². The normalized spacial score (nSPS) is 15.6. The van der Waals surface area contributed by atoms with E-state index in [1.807, 2.05) is 24.3 Å². The maximum absolute atomic E-state index is 11.7. The van der Waals surface area contributed by atoms with Gasteiger partial charge in [0.05, 0.1) is 11.4 Å². The average Bonchev–Trinajstić information content (AvgIpc) is 2.96. The molecule has 136 valence electrons. The molecule has 0 aliphatic carbocycles. The van der Waals surface area contributed by atoms with Gasteiger partial charge >= 0.3 is 12.2 Å². The Hall–Kier alpha value is -2.93. The number of hydrogen-bond acceptors (Lipinski definition) is 3. The zero-order chi connectivity index (χ0) is 18.8. The molecule has 1 aliphatic heterocycles. The van der Waals surface area contributed by atoms with E-state index in [2.05, 4.69) is 12.0 Å². The Morgan fingerprint density at radius 3 is 2.62 bits per heavy atom. The van der Waals surface area contributed by atoms with Crippen LogP contribution in [0.25, 0.3) is 10.8 Å². The van der Waals surface area contributed by atoms with Crippen LogP contribution < -0.4 is 15.3 Å². The van der Waals surface area contributed by atoms with E-state index in [1.165, 1.54) is 16.0 Å². The Balaban J connectivity index is 2.28. The number of nitrogens with one attached hydrogen (secondary N) is 1. The molecule has 3 N–H and O–H groups in total. The van der Waals surface area contributed by atoms with Gasteiger partial charge < -0.3 is 10.2 Å². The number of carbonyl (C=O) groups is 2. The third kappa shape index (κ3) is 3.01. The Morgan fingerprint density at radius 1 is 1.35 bits per heavy atom. The van der Waals surface area contributed by atoms with Gasteiger partial charge in [0.2, 0.25) is 0 Å². The molecule has 0 saturated heterocycles. The molecule has 26 heavy (non-hydrogen) atoms. The molecular weight excluding hydrogens is 358 g/mol. The molecule has 2 aromatic rings. The van der Waals surface area contributed by atoms with E-state index in [9.17, 15) is 14.7 Å². The summed E-state index contributed by atoms with van der Waals surface area (Å²) in [5.41, 5.74) is 4.36. The van der Waals surface area contributed by atoms with E-state index in [-0.39, 0.29) is 12.5 Å². The molecule has 1 unspecified atom stereocenters. The molecule has 0 saturated carbocycles. The average molecular weight is 376 g/mol. The molecule has 8 heteroatoms. The standard InChI is InChI=1S/C18H18ClN3O4/c1-2-7-21(18(25)26)14-8-15-16(13-6-4-3-5-12(13)14)11(9-19)10-22(15)20-17(23)24/h2-6,8,11,20H,1,7,9-10H2,(H,23,24)(H,25,26). The fourth-order valence-electron chi connectivity index (χ4n) is 3.41. The molecule has 1 atom stereocenters. The van der Waals surface area contributed by atoms with E-state index in [0.29, 0.717) is 23.8 Å². The summed E-state index contributed by atoms with van der Waals surface area (Å²) in [6.45, 7) is 4.11. The highest BCUT2D eigenvalue weighted by atomic mass is 35.5. The van der Waals surface area contributed by atoms with Gasteiger partial charge in [0.1, 0.15) is 0 Å². The van der Waals surface area contributed by atoms with Crippen LogP contribution >= 0.6 is 11.6 Å². The number of hydrogen-bond donors (Lipinski definition) is 3. The van der Waals surface area contributed by atoms with Gasteiger partial charge in [-0.1, -0.05) is 30.3 Å². The van der Waals surface area contributed by atoms with Crippen molar-refractivity contribution in [3.8, 4) is 0 Å². The van der Waals surface area contributed by atoms with Crippen LogP contribution in [0.5, 0.6) is 0 Å². The van der Waals surface area contributed by atoms with Gasteiger partial charge in [0, 0.05) is 30.3 Å². The molecule has 3 rings (SSSR count). The highest BCUT2D eigenvalue weighted by molar-refractivity contribution is 6.19. The van der Waals surface area contributed by atoms with E-state index >= 15 is 0 Å². The van der Waals surface area contributed by atoms with E-state index in [4.69, 9.17) is 16.7 Å². The summed E-state index contributed by atoms with van der Waals surface area (Å²) in [5.74, 6) is 0.249. The zero-order valence-corrected chi connectivity index (χ0v) is 14.6. The largest absolute Gasteiger partial charge is 0.465 e. The number of benzene rings is 2. The van der Waals surface area contributed by atoms with Crippen molar-refractivity contribution in [3.05, 3.63) is 48.6 Å². The van der Waals surface area contributed by atoms with Crippen molar-refractivity contribution in [2.24, 2.45) is 0 Å². The van der Waals surface area contributed by atoms with Crippen LogP contribution in [0.3, 0.4) is 0 Å². The number of anilines is 2. The SMILES string of the molecule is C=CCN(C(=O)O)c1cc2c(c3ccccc13)C(CCl)CN2NC(=O)O. The number of carboxylic acid groups (broad SMARTS) is 2. The van der Waals surface area contributed by atoms with Crippen LogP contribution in [0.4, 0.5) is 21.0 Å². The first-order valence-corrected chi connectivity index (χ1v) is 8.51. The first kappa shape index (κ1) is 17.9. The Morgan fingerprint density at radius 2 is 2.04 bits per heavy atom. The van der Waals surface area contributed by atoms with Gasteiger partial charge in [-0.3, -0.25) is 9.91 Å². The minimum Gasteiger partial charge on any atom is -0.465 e. The molecule has 1 heterocycles. The van der Waals surface area contributed by atoms with Gasteiger partial charge in [-0.25, -0.2) is 15.0 Å². The minimum atomic E-state index is -1.19. The van der Waals surface area contributed by atoms with Crippen LogP contribution in [0.15, 0.2) is 43.0 Å². The van der Waals surface area contributed by atoms with E-state index in [0.717, 1.165) is 16.3 Å². The first-order valence-electron chi connectivity index (χ1n) is 7.98. The maximum Gasteiger partial charge on any atom is 0.423 e. The first-order chi connectivity index (χ1) is 12.5. The van der Waals surface area contributed by atoms with Crippen molar-refractivity contribution in [2.45, 2.75) is 5.92 Å². The minimum absolute atomic E-state index is 0.0739. The smallest absolute Gasteiger partial charge is 0.423 e. The van der Waals surface area contributed by atoms with Gasteiger partial charge in [-0.05, 0) is 17.0 Å². The third-order valence-corrected chi connectivity index (χ3v) is 4.77. The Bertz CT molecular complexity index is 886. The molecule has 7 nitrogen and oxygen atoms in total. The Kier molecular flexibility index (Phi) is 4.90. The second-order valence-electron chi connectivity index (χ2n) is 5.93. The summed E-state index contributed by atoms with van der Waals surface area (Å²) in [6.07, 6.45) is -0.799. The van der Waals surface area contributed by atoms with Crippen LogP contribution in [-0.2, 0) is 0 Å². The predicted molar refractivity (Wildman–Crippen MR) is 101 cm³/mol. The number of fused-ring (bicyclic) bond motifs is 3. The predicted octanol–water partition coefficient (Wildman–Crippen LogP) is 3.84. The van der Waals surface area contributed by atoms with E-state index < -0.39 is 12.2 Å². The fraction of sp³-hybridized carbons (Fsp3) is 0.222. The summed E-state index contributed by atoms with van der Waals surface area (Å²) in [5, 5.41) is 21.8. The number of nitrogens with zero attached hydrogens (tertiary/aromatic N) is 2. The topological polar surface area (TPSA) is 93.1 Å². The number of alkyl halides is 1.